The van der Waals surface area contributed by atoms with Crippen LogP contribution in [-0.2, 0) is 0 Å². The van der Waals surface area contributed by atoms with Crippen molar-refractivity contribution in [2.75, 3.05) is 26.2 Å². The number of hydrogen-bond donors (Lipinski definition) is 2. The zero-order valence-corrected chi connectivity index (χ0v) is 19.5. The van der Waals surface area contributed by atoms with Crippen LogP contribution in [0.15, 0.2) is 36.7 Å². The van der Waals surface area contributed by atoms with Gasteiger partial charge in [-0.2, -0.15) is 5.10 Å². The van der Waals surface area contributed by atoms with Crippen molar-refractivity contribution in [2.24, 2.45) is 11.8 Å². The molecule has 2 saturated heterocycles. The van der Waals surface area contributed by atoms with Gasteiger partial charge in [-0.15, -0.1) is 24.8 Å². The highest BCUT2D eigenvalue weighted by Gasteiger charge is 2.44. The Morgan fingerprint density at radius 3 is 2.53 bits per heavy atom. The van der Waals surface area contributed by atoms with Gasteiger partial charge in [0.25, 0.3) is 5.91 Å². The summed E-state index contributed by atoms with van der Waals surface area (Å²) in [5.41, 5.74) is 1.25. The highest BCUT2D eigenvalue weighted by molar-refractivity contribution is 5.95. The van der Waals surface area contributed by atoms with Crippen molar-refractivity contribution >= 4 is 30.7 Å². The van der Waals surface area contributed by atoms with Gasteiger partial charge >= 0.3 is 0 Å². The van der Waals surface area contributed by atoms with Gasteiger partial charge in [0.05, 0.1) is 17.7 Å². The zero-order valence-electron chi connectivity index (χ0n) is 17.9. The molecule has 0 bridgehead atoms. The zero-order chi connectivity index (χ0) is 20.7. The number of fused-ring (bicyclic) bond motifs is 1. The molecule has 3 heterocycles. The SMILES string of the molecule is Cl.Cl.O=C(c1cc(C2CCNCC2)ccc1F)N1C[C@H]2C[C@@H](n3cccn3)[C@H](O)C[C@H]2C1. The Balaban J connectivity index is 0.00000144. The van der Waals surface area contributed by atoms with E-state index >= 15 is 0 Å². The lowest BCUT2D eigenvalue weighted by molar-refractivity contribution is 0.0306. The fourth-order valence-electron chi connectivity index (χ4n) is 5.62. The Morgan fingerprint density at radius 1 is 1.12 bits per heavy atom. The second kappa shape index (κ2) is 10.5. The van der Waals surface area contributed by atoms with Crippen LogP contribution in [0.3, 0.4) is 0 Å². The lowest BCUT2D eigenvalue weighted by atomic mass is 9.77. The molecule has 0 spiro atoms. The van der Waals surface area contributed by atoms with Crippen molar-refractivity contribution in [3.05, 3.63) is 53.6 Å². The summed E-state index contributed by atoms with van der Waals surface area (Å²) in [6.45, 7) is 3.12. The third kappa shape index (κ3) is 4.81. The molecule has 1 saturated carbocycles. The maximum Gasteiger partial charge on any atom is 0.256 e. The average molecular weight is 485 g/mol. The smallest absolute Gasteiger partial charge is 0.256 e. The van der Waals surface area contributed by atoms with E-state index in [1.807, 2.05) is 23.0 Å². The van der Waals surface area contributed by atoms with Gasteiger partial charge in [-0.1, -0.05) is 6.07 Å². The topological polar surface area (TPSA) is 70.4 Å². The molecule has 176 valence electrons. The Kier molecular flexibility index (Phi) is 8.20. The molecule has 0 radical (unpaired) electrons. The molecule has 6 nitrogen and oxygen atoms in total. The number of benzene rings is 1. The molecule has 5 rings (SSSR count). The molecular weight excluding hydrogens is 454 g/mol. The van der Waals surface area contributed by atoms with Gasteiger partial charge in [-0.05, 0) is 80.3 Å². The van der Waals surface area contributed by atoms with Crippen LogP contribution in [0.25, 0.3) is 0 Å². The van der Waals surface area contributed by atoms with E-state index in [1.54, 1.807) is 17.2 Å². The molecule has 2 N–H and O–H groups in total. The van der Waals surface area contributed by atoms with E-state index in [-0.39, 0.29) is 48.2 Å². The first-order valence-corrected chi connectivity index (χ1v) is 11.1. The van der Waals surface area contributed by atoms with Crippen LogP contribution in [0.5, 0.6) is 0 Å². The van der Waals surface area contributed by atoms with E-state index < -0.39 is 11.9 Å². The van der Waals surface area contributed by atoms with Crippen molar-refractivity contribution in [3.63, 3.8) is 0 Å². The molecule has 4 atom stereocenters. The number of carbonyl (C=O) groups is 1. The van der Waals surface area contributed by atoms with Gasteiger partial charge in [0.2, 0.25) is 0 Å². The van der Waals surface area contributed by atoms with Crippen molar-refractivity contribution < 1.29 is 14.3 Å². The fourth-order valence-corrected chi connectivity index (χ4v) is 5.62. The monoisotopic (exact) mass is 484 g/mol. The number of amides is 1. The molecule has 9 heteroatoms. The summed E-state index contributed by atoms with van der Waals surface area (Å²) in [4.78, 5) is 15.0. The number of rotatable bonds is 3. The van der Waals surface area contributed by atoms with Crippen molar-refractivity contribution in [3.8, 4) is 0 Å². The summed E-state index contributed by atoms with van der Waals surface area (Å²) in [5, 5.41) is 18.3. The number of aliphatic hydroxyl groups is 1. The first-order chi connectivity index (χ1) is 14.6. The maximum absolute atomic E-state index is 14.6. The number of aliphatic hydroxyl groups excluding tert-OH is 1. The van der Waals surface area contributed by atoms with Crippen LogP contribution in [-0.4, -0.2) is 58.0 Å². The number of nitrogens with one attached hydrogen (secondary N) is 1. The first-order valence-electron chi connectivity index (χ1n) is 11.1. The third-order valence-corrected chi connectivity index (χ3v) is 7.29. The molecule has 2 aromatic rings. The van der Waals surface area contributed by atoms with E-state index in [4.69, 9.17) is 0 Å². The minimum atomic E-state index is -0.471. The molecule has 3 aliphatic rings. The molecule has 0 unspecified atom stereocenters. The average Bonchev–Trinajstić information content (AvgIpc) is 3.43. The number of halogens is 3. The molecular formula is C23H31Cl2FN4O2. The number of carbonyl (C=O) groups excluding carboxylic acids is 1. The van der Waals surface area contributed by atoms with Gasteiger partial charge in [-0.3, -0.25) is 9.48 Å². The predicted molar refractivity (Wildman–Crippen MR) is 125 cm³/mol. The molecule has 1 aromatic heterocycles. The molecule has 3 fully saturated rings. The van der Waals surface area contributed by atoms with E-state index in [0.29, 0.717) is 31.3 Å². The molecule has 1 amide bonds. The fraction of sp³-hybridized carbons (Fsp3) is 0.565. The minimum absolute atomic E-state index is 0. The largest absolute Gasteiger partial charge is 0.391 e. The van der Waals surface area contributed by atoms with E-state index in [9.17, 15) is 14.3 Å². The van der Waals surface area contributed by atoms with Crippen LogP contribution >= 0.6 is 24.8 Å². The Hall–Kier alpha value is -1.67. The lowest BCUT2D eigenvalue weighted by Crippen LogP contribution is -2.36. The van der Waals surface area contributed by atoms with Gasteiger partial charge in [0.1, 0.15) is 5.82 Å². The van der Waals surface area contributed by atoms with Crippen LogP contribution in [0.4, 0.5) is 4.39 Å². The summed E-state index contributed by atoms with van der Waals surface area (Å²) < 4.78 is 16.4. The second-order valence-electron chi connectivity index (χ2n) is 9.09. The second-order valence-corrected chi connectivity index (χ2v) is 9.09. The number of nitrogens with zero attached hydrogens (tertiary/aromatic N) is 3. The standard InChI is InChI=1S/C23H29FN4O2.2ClH/c24-20-3-2-16(15-4-7-25-8-5-15)10-19(20)23(30)27-13-17-11-21(28-9-1-6-26-28)22(29)12-18(17)14-27;;/h1-3,6,9-10,15,17-18,21-22,25,29H,4-5,7-8,11-14H2;2*1H/t17-,18+,21-,22-;;/m1../s1. The van der Waals surface area contributed by atoms with Crippen molar-refractivity contribution in [2.45, 2.75) is 43.7 Å². The van der Waals surface area contributed by atoms with Crippen LogP contribution in [0, 0.1) is 17.7 Å². The van der Waals surface area contributed by atoms with Gasteiger partial charge in [0, 0.05) is 25.5 Å². The minimum Gasteiger partial charge on any atom is -0.391 e. The summed E-state index contributed by atoms with van der Waals surface area (Å²) in [6.07, 6.45) is 6.60. The molecule has 2 aliphatic heterocycles. The van der Waals surface area contributed by atoms with Crippen molar-refractivity contribution in [1.82, 2.24) is 20.0 Å². The lowest BCUT2D eigenvalue weighted by Gasteiger charge is -2.35. The normalized spacial score (nSPS) is 27.9. The number of hydrogen-bond acceptors (Lipinski definition) is 4. The molecule has 32 heavy (non-hydrogen) atoms. The first kappa shape index (κ1) is 25.0. The molecule has 1 aromatic carbocycles. The predicted octanol–water partition coefficient (Wildman–Crippen LogP) is 3.42. The van der Waals surface area contributed by atoms with Crippen LogP contribution in [0.2, 0.25) is 0 Å². The van der Waals surface area contributed by atoms with Gasteiger partial charge < -0.3 is 15.3 Å². The van der Waals surface area contributed by atoms with Gasteiger partial charge in [-0.25, -0.2) is 4.39 Å². The maximum atomic E-state index is 14.6. The summed E-state index contributed by atoms with van der Waals surface area (Å²) >= 11 is 0. The quantitative estimate of drug-likeness (QED) is 0.699. The summed E-state index contributed by atoms with van der Waals surface area (Å²) in [5.74, 6) is 0.281. The van der Waals surface area contributed by atoms with Gasteiger partial charge in [0.15, 0.2) is 0 Å². The Morgan fingerprint density at radius 2 is 1.84 bits per heavy atom. The number of aromatic nitrogens is 2. The third-order valence-electron chi connectivity index (χ3n) is 7.29. The highest BCUT2D eigenvalue weighted by Crippen LogP contribution is 2.41. The Labute approximate surface area is 200 Å². The van der Waals surface area contributed by atoms with E-state index in [2.05, 4.69) is 10.4 Å². The van der Waals surface area contributed by atoms with Crippen LogP contribution < -0.4 is 5.32 Å². The van der Waals surface area contributed by atoms with E-state index in [0.717, 1.165) is 37.9 Å². The number of likely N-dealkylation sites (tertiary alicyclic amines) is 1. The van der Waals surface area contributed by atoms with Crippen LogP contribution in [0.1, 0.15) is 53.6 Å². The Bertz CT molecular complexity index is 907. The molecule has 1 aliphatic carbocycles. The summed E-state index contributed by atoms with van der Waals surface area (Å²) in [6, 6.07) is 6.86. The highest BCUT2D eigenvalue weighted by atomic mass is 35.5. The van der Waals surface area contributed by atoms with Crippen molar-refractivity contribution in [1.29, 1.82) is 0 Å². The summed E-state index contributed by atoms with van der Waals surface area (Å²) in [7, 11) is 0. The number of piperidine rings is 1. The van der Waals surface area contributed by atoms with E-state index in [1.165, 1.54) is 6.07 Å².